The van der Waals surface area contributed by atoms with Gasteiger partial charge in [0.05, 0.1) is 5.56 Å². The zero-order chi connectivity index (χ0) is 15.6. The molecule has 0 aromatic heterocycles. The molecule has 0 heterocycles. The Balaban J connectivity index is 2.31. The molecule has 0 radical (unpaired) electrons. The van der Waals surface area contributed by atoms with Gasteiger partial charge in [0.1, 0.15) is 5.75 Å². The van der Waals surface area contributed by atoms with Crippen LogP contribution in [0.25, 0.3) is 11.1 Å². The molecule has 2 aromatic carbocycles. The molecule has 0 saturated heterocycles. The van der Waals surface area contributed by atoms with Crippen molar-refractivity contribution in [2.45, 2.75) is 6.36 Å². The first-order valence-electron chi connectivity index (χ1n) is 5.75. The van der Waals surface area contributed by atoms with Crippen LogP contribution >= 0.6 is 0 Å². The molecule has 2 aromatic rings. The molecule has 4 nitrogen and oxygen atoms in total. The number of aromatic carboxylic acids is 1. The number of rotatable bonds is 3. The summed E-state index contributed by atoms with van der Waals surface area (Å²) >= 11 is 0. The van der Waals surface area contributed by atoms with Crippen LogP contribution < -0.4 is 10.5 Å². The van der Waals surface area contributed by atoms with Crippen LogP contribution in [0.4, 0.5) is 18.9 Å². The second kappa shape index (κ2) is 5.35. The summed E-state index contributed by atoms with van der Waals surface area (Å²) < 4.78 is 39.9. The van der Waals surface area contributed by atoms with Crippen LogP contribution in [0.5, 0.6) is 5.75 Å². The zero-order valence-electron chi connectivity index (χ0n) is 10.5. The Hall–Kier alpha value is -2.70. The van der Waals surface area contributed by atoms with E-state index in [1.165, 1.54) is 24.3 Å². The fraction of sp³-hybridized carbons (Fsp3) is 0.0714. The van der Waals surface area contributed by atoms with Gasteiger partial charge in [-0.3, -0.25) is 0 Å². The summed E-state index contributed by atoms with van der Waals surface area (Å²) in [5, 5.41) is 8.98. The number of anilines is 1. The van der Waals surface area contributed by atoms with Gasteiger partial charge < -0.3 is 15.6 Å². The molecule has 7 heteroatoms. The summed E-state index contributed by atoms with van der Waals surface area (Å²) in [6.45, 7) is 0. The summed E-state index contributed by atoms with van der Waals surface area (Å²) in [5.41, 5.74) is 6.66. The first-order valence-corrected chi connectivity index (χ1v) is 5.75. The van der Waals surface area contributed by atoms with Crippen LogP contribution in [-0.4, -0.2) is 17.4 Å². The minimum atomic E-state index is -4.75. The molecular formula is C14H10F3NO3. The number of ether oxygens (including phenoxy) is 1. The fourth-order valence-corrected chi connectivity index (χ4v) is 1.77. The van der Waals surface area contributed by atoms with Gasteiger partial charge in [0.25, 0.3) is 0 Å². The molecule has 0 aliphatic carbocycles. The van der Waals surface area contributed by atoms with Crippen molar-refractivity contribution < 1.29 is 27.8 Å². The number of alkyl halides is 3. The lowest BCUT2D eigenvalue weighted by Gasteiger charge is -2.10. The number of hydrogen-bond acceptors (Lipinski definition) is 3. The van der Waals surface area contributed by atoms with Crippen molar-refractivity contribution in [1.82, 2.24) is 0 Å². The van der Waals surface area contributed by atoms with Crippen LogP contribution in [0.15, 0.2) is 42.5 Å². The van der Waals surface area contributed by atoms with E-state index in [9.17, 15) is 18.0 Å². The maximum absolute atomic E-state index is 12.0. The Morgan fingerprint density at radius 3 is 2.14 bits per heavy atom. The van der Waals surface area contributed by atoms with E-state index >= 15 is 0 Å². The van der Waals surface area contributed by atoms with E-state index in [1.807, 2.05) is 0 Å². The van der Waals surface area contributed by atoms with Gasteiger partial charge in [0.2, 0.25) is 0 Å². The molecular weight excluding hydrogens is 287 g/mol. The summed E-state index contributed by atoms with van der Waals surface area (Å²) in [6.07, 6.45) is -4.75. The average molecular weight is 297 g/mol. The van der Waals surface area contributed by atoms with Crippen LogP contribution in [0.1, 0.15) is 10.4 Å². The van der Waals surface area contributed by atoms with Gasteiger partial charge in [-0.05, 0) is 35.4 Å². The van der Waals surface area contributed by atoms with E-state index < -0.39 is 12.3 Å². The van der Waals surface area contributed by atoms with E-state index in [0.717, 1.165) is 12.1 Å². The second-order valence-corrected chi connectivity index (χ2v) is 4.18. The van der Waals surface area contributed by atoms with E-state index in [-0.39, 0.29) is 17.0 Å². The minimum Gasteiger partial charge on any atom is -0.478 e. The zero-order valence-corrected chi connectivity index (χ0v) is 10.5. The Morgan fingerprint density at radius 1 is 1.05 bits per heavy atom. The Morgan fingerprint density at radius 2 is 1.62 bits per heavy atom. The first-order chi connectivity index (χ1) is 9.76. The van der Waals surface area contributed by atoms with Gasteiger partial charge in [0.15, 0.2) is 0 Å². The van der Waals surface area contributed by atoms with Crippen molar-refractivity contribution in [2.75, 3.05) is 5.73 Å². The number of hydrogen-bond donors (Lipinski definition) is 2. The van der Waals surface area contributed by atoms with E-state index in [2.05, 4.69) is 4.74 Å². The van der Waals surface area contributed by atoms with E-state index in [4.69, 9.17) is 10.8 Å². The Bertz CT molecular complexity index is 666. The minimum absolute atomic E-state index is 0.0666. The molecule has 0 fully saturated rings. The van der Waals surface area contributed by atoms with Crippen molar-refractivity contribution in [3.8, 4) is 16.9 Å². The molecule has 0 bridgehead atoms. The van der Waals surface area contributed by atoms with Gasteiger partial charge in [-0.1, -0.05) is 18.2 Å². The van der Waals surface area contributed by atoms with Gasteiger partial charge in [-0.2, -0.15) is 0 Å². The Kier molecular flexibility index (Phi) is 3.75. The second-order valence-electron chi connectivity index (χ2n) is 4.18. The molecule has 0 saturated carbocycles. The number of halogens is 3. The van der Waals surface area contributed by atoms with Crippen molar-refractivity contribution in [3.63, 3.8) is 0 Å². The summed E-state index contributed by atoms with van der Waals surface area (Å²) in [5.74, 6) is -1.52. The fourth-order valence-electron chi connectivity index (χ4n) is 1.77. The van der Waals surface area contributed by atoms with Gasteiger partial charge in [-0.15, -0.1) is 13.2 Å². The summed E-state index contributed by atoms with van der Waals surface area (Å²) in [4.78, 5) is 11.0. The topological polar surface area (TPSA) is 72.5 Å². The molecule has 0 amide bonds. The van der Waals surface area contributed by atoms with Crippen LogP contribution in [-0.2, 0) is 0 Å². The molecule has 110 valence electrons. The van der Waals surface area contributed by atoms with E-state index in [0.29, 0.717) is 11.1 Å². The van der Waals surface area contributed by atoms with Gasteiger partial charge in [0, 0.05) is 5.69 Å². The first kappa shape index (κ1) is 14.7. The van der Waals surface area contributed by atoms with Crippen molar-refractivity contribution in [3.05, 3.63) is 48.0 Å². The number of carboxylic acid groups (broad SMARTS) is 1. The molecule has 2 rings (SSSR count). The normalized spacial score (nSPS) is 11.2. The highest BCUT2D eigenvalue weighted by Gasteiger charge is 2.30. The number of nitrogen functional groups attached to an aromatic ring is 1. The highest BCUT2D eigenvalue weighted by Crippen LogP contribution is 2.28. The number of carbonyl (C=O) groups is 1. The molecule has 0 atom stereocenters. The smallest absolute Gasteiger partial charge is 0.478 e. The maximum atomic E-state index is 12.0. The standard InChI is InChI=1S/C14H10F3NO3/c15-14(16,17)21-10-4-1-8(2-5-10)9-3-6-12(18)11(7-9)13(19)20/h1-7H,18H2,(H,19,20). The largest absolute Gasteiger partial charge is 0.573 e. The monoisotopic (exact) mass is 297 g/mol. The highest BCUT2D eigenvalue weighted by atomic mass is 19.4. The van der Waals surface area contributed by atoms with Gasteiger partial charge in [-0.25, -0.2) is 4.79 Å². The molecule has 21 heavy (non-hydrogen) atoms. The quantitative estimate of drug-likeness (QED) is 0.850. The lowest BCUT2D eigenvalue weighted by atomic mass is 10.0. The highest BCUT2D eigenvalue weighted by molar-refractivity contribution is 5.95. The van der Waals surface area contributed by atoms with Crippen molar-refractivity contribution in [1.29, 1.82) is 0 Å². The van der Waals surface area contributed by atoms with Crippen molar-refractivity contribution >= 4 is 11.7 Å². The van der Waals surface area contributed by atoms with Crippen LogP contribution in [0, 0.1) is 0 Å². The third-order valence-electron chi connectivity index (χ3n) is 2.70. The predicted molar refractivity (Wildman–Crippen MR) is 69.9 cm³/mol. The molecule has 0 unspecified atom stereocenters. The predicted octanol–water partition coefficient (Wildman–Crippen LogP) is 3.53. The van der Waals surface area contributed by atoms with E-state index in [1.54, 1.807) is 6.07 Å². The lowest BCUT2D eigenvalue weighted by Crippen LogP contribution is -2.16. The van der Waals surface area contributed by atoms with Crippen LogP contribution in [0.2, 0.25) is 0 Å². The number of benzene rings is 2. The molecule has 0 aliphatic rings. The number of nitrogens with two attached hydrogens (primary N) is 1. The average Bonchev–Trinajstić information content (AvgIpc) is 2.38. The number of carboxylic acids is 1. The summed E-state index contributed by atoms with van der Waals surface area (Å²) in [7, 11) is 0. The van der Waals surface area contributed by atoms with Crippen LogP contribution in [0.3, 0.4) is 0 Å². The SMILES string of the molecule is Nc1ccc(-c2ccc(OC(F)(F)F)cc2)cc1C(=O)O. The summed E-state index contributed by atoms with van der Waals surface area (Å²) in [6, 6.07) is 9.48. The third kappa shape index (κ3) is 3.65. The third-order valence-corrected chi connectivity index (χ3v) is 2.70. The maximum Gasteiger partial charge on any atom is 0.573 e. The van der Waals surface area contributed by atoms with Gasteiger partial charge >= 0.3 is 12.3 Å². The molecule has 0 spiro atoms. The lowest BCUT2D eigenvalue weighted by molar-refractivity contribution is -0.274. The van der Waals surface area contributed by atoms with Crippen molar-refractivity contribution in [2.24, 2.45) is 0 Å². The Labute approximate surface area is 117 Å². The molecule has 0 aliphatic heterocycles. The molecule has 3 N–H and O–H groups in total.